The summed E-state index contributed by atoms with van der Waals surface area (Å²) in [5, 5.41) is 0. The Morgan fingerprint density at radius 1 is 1.25 bits per heavy atom. The maximum absolute atomic E-state index is 12.5. The van der Waals surface area contributed by atoms with Crippen molar-refractivity contribution in [2.24, 2.45) is 5.73 Å². The smallest absolute Gasteiger partial charge is 0.253 e. The summed E-state index contributed by atoms with van der Waals surface area (Å²) in [5.41, 5.74) is 7.44. The summed E-state index contributed by atoms with van der Waals surface area (Å²) in [6.45, 7) is 4.65. The Bertz CT molecular complexity index is 482. The summed E-state index contributed by atoms with van der Waals surface area (Å²) < 4.78 is 0. The lowest BCUT2D eigenvalue weighted by Gasteiger charge is -2.23. The fraction of sp³-hybridized carbons (Fsp3) is 0.562. The molecule has 4 heteroatoms. The van der Waals surface area contributed by atoms with Crippen molar-refractivity contribution >= 4 is 5.91 Å². The predicted molar refractivity (Wildman–Crippen MR) is 79.4 cm³/mol. The fourth-order valence-electron chi connectivity index (χ4n) is 3.34. The van der Waals surface area contributed by atoms with Gasteiger partial charge in [-0.3, -0.25) is 9.69 Å². The van der Waals surface area contributed by atoms with Crippen LogP contribution in [0.3, 0.4) is 0 Å². The van der Waals surface area contributed by atoms with Gasteiger partial charge in [-0.05, 0) is 50.0 Å². The molecule has 20 heavy (non-hydrogen) atoms. The van der Waals surface area contributed by atoms with Gasteiger partial charge in [-0.25, -0.2) is 0 Å². The van der Waals surface area contributed by atoms with Crippen molar-refractivity contribution in [3.8, 4) is 0 Å². The first-order valence-corrected chi connectivity index (χ1v) is 7.60. The second-order valence-corrected chi connectivity index (χ2v) is 5.84. The average molecular weight is 273 g/mol. The number of carbonyl (C=O) groups excluding carboxylic acids is 1. The minimum Gasteiger partial charge on any atom is -0.337 e. The molecule has 2 aliphatic rings. The maximum Gasteiger partial charge on any atom is 0.253 e. The second-order valence-electron chi connectivity index (χ2n) is 5.84. The Labute approximate surface area is 120 Å². The van der Waals surface area contributed by atoms with Crippen molar-refractivity contribution < 1.29 is 4.79 Å². The molecule has 2 N–H and O–H groups in total. The molecular formula is C16H23N3O. The number of amides is 1. The minimum atomic E-state index is 0.155. The molecule has 0 bridgehead atoms. The number of hydrogen-bond acceptors (Lipinski definition) is 3. The van der Waals surface area contributed by atoms with Crippen LogP contribution < -0.4 is 5.73 Å². The van der Waals surface area contributed by atoms with Crippen molar-refractivity contribution in [3.63, 3.8) is 0 Å². The van der Waals surface area contributed by atoms with Crippen LogP contribution in [-0.4, -0.2) is 47.9 Å². The molecular weight excluding hydrogens is 250 g/mol. The third-order valence-electron chi connectivity index (χ3n) is 4.52. The van der Waals surface area contributed by atoms with Gasteiger partial charge < -0.3 is 10.6 Å². The van der Waals surface area contributed by atoms with Gasteiger partial charge in [-0.2, -0.15) is 0 Å². The molecule has 1 unspecified atom stereocenters. The van der Waals surface area contributed by atoms with E-state index in [1.165, 1.54) is 25.9 Å². The fourth-order valence-corrected chi connectivity index (χ4v) is 3.34. The summed E-state index contributed by atoms with van der Waals surface area (Å²) >= 11 is 0. The summed E-state index contributed by atoms with van der Waals surface area (Å²) in [7, 11) is 0. The van der Waals surface area contributed by atoms with E-state index in [0.717, 1.165) is 30.6 Å². The number of likely N-dealkylation sites (tertiary alicyclic amines) is 2. The number of rotatable bonds is 3. The molecule has 0 aliphatic carbocycles. The zero-order chi connectivity index (χ0) is 13.9. The Kier molecular flexibility index (Phi) is 4.03. The van der Waals surface area contributed by atoms with E-state index in [0.29, 0.717) is 12.6 Å². The van der Waals surface area contributed by atoms with Gasteiger partial charge in [0.25, 0.3) is 5.91 Å². The molecule has 2 heterocycles. The molecule has 2 fully saturated rings. The van der Waals surface area contributed by atoms with Crippen molar-refractivity contribution in [1.82, 2.24) is 9.80 Å². The van der Waals surface area contributed by atoms with Crippen LogP contribution in [0.2, 0.25) is 0 Å². The number of hydrogen-bond donors (Lipinski definition) is 1. The van der Waals surface area contributed by atoms with E-state index < -0.39 is 0 Å². The molecule has 3 rings (SSSR count). The monoisotopic (exact) mass is 273 g/mol. The molecule has 2 saturated heterocycles. The highest BCUT2D eigenvalue weighted by Gasteiger charge is 2.31. The quantitative estimate of drug-likeness (QED) is 0.907. The Morgan fingerprint density at radius 2 is 2.05 bits per heavy atom. The van der Waals surface area contributed by atoms with Gasteiger partial charge >= 0.3 is 0 Å². The average Bonchev–Trinajstić information content (AvgIpc) is 3.17. The van der Waals surface area contributed by atoms with Crippen LogP contribution >= 0.6 is 0 Å². The molecule has 1 aromatic rings. The molecule has 0 spiro atoms. The van der Waals surface area contributed by atoms with E-state index in [1.807, 2.05) is 29.2 Å². The van der Waals surface area contributed by atoms with E-state index in [1.54, 1.807) is 0 Å². The summed E-state index contributed by atoms with van der Waals surface area (Å²) in [6, 6.07) is 8.27. The molecule has 1 aromatic carbocycles. The second kappa shape index (κ2) is 5.94. The van der Waals surface area contributed by atoms with Crippen LogP contribution in [0, 0.1) is 0 Å². The van der Waals surface area contributed by atoms with Crippen LogP contribution in [-0.2, 0) is 6.54 Å². The van der Waals surface area contributed by atoms with E-state index >= 15 is 0 Å². The van der Waals surface area contributed by atoms with Crippen LogP contribution in [0.25, 0.3) is 0 Å². The van der Waals surface area contributed by atoms with E-state index in [4.69, 9.17) is 5.73 Å². The van der Waals surface area contributed by atoms with Crippen molar-refractivity contribution in [2.45, 2.75) is 31.8 Å². The van der Waals surface area contributed by atoms with Gasteiger partial charge in [0.2, 0.25) is 0 Å². The third-order valence-corrected chi connectivity index (χ3v) is 4.52. The first-order chi connectivity index (χ1) is 9.78. The SMILES string of the molecule is NCc1cccc(C(=O)N2CCC(N3CCCC3)C2)c1. The predicted octanol–water partition coefficient (Wildman–Crippen LogP) is 1.46. The number of nitrogens with two attached hydrogens (primary N) is 1. The van der Waals surface area contributed by atoms with Crippen LogP contribution in [0.4, 0.5) is 0 Å². The van der Waals surface area contributed by atoms with Crippen molar-refractivity contribution in [2.75, 3.05) is 26.2 Å². The van der Waals surface area contributed by atoms with Gasteiger partial charge in [0.1, 0.15) is 0 Å². The molecule has 4 nitrogen and oxygen atoms in total. The Balaban J connectivity index is 1.65. The zero-order valence-electron chi connectivity index (χ0n) is 11.9. The lowest BCUT2D eigenvalue weighted by atomic mass is 10.1. The molecule has 2 aliphatic heterocycles. The molecule has 108 valence electrons. The highest BCUT2D eigenvalue weighted by Crippen LogP contribution is 2.22. The van der Waals surface area contributed by atoms with E-state index in [2.05, 4.69) is 4.90 Å². The molecule has 0 radical (unpaired) electrons. The third kappa shape index (κ3) is 2.72. The topological polar surface area (TPSA) is 49.6 Å². The van der Waals surface area contributed by atoms with Crippen LogP contribution in [0.5, 0.6) is 0 Å². The number of nitrogens with zero attached hydrogens (tertiary/aromatic N) is 2. The van der Waals surface area contributed by atoms with E-state index in [-0.39, 0.29) is 5.91 Å². The summed E-state index contributed by atoms with van der Waals surface area (Å²) in [4.78, 5) is 17.1. The zero-order valence-corrected chi connectivity index (χ0v) is 11.9. The lowest BCUT2D eigenvalue weighted by molar-refractivity contribution is 0.0780. The minimum absolute atomic E-state index is 0.155. The summed E-state index contributed by atoms with van der Waals surface area (Å²) in [6.07, 6.45) is 3.73. The maximum atomic E-state index is 12.5. The van der Waals surface area contributed by atoms with E-state index in [9.17, 15) is 4.79 Å². The van der Waals surface area contributed by atoms with Gasteiger partial charge in [-0.1, -0.05) is 12.1 Å². The van der Waals surface area contributed by atoms with Gasteiger partial charge in [-0.15, -0.1) is 0 Å². The Hall–Kier alpha value is -1.39. The van der Waals surface area contributed by atoms with Gasteiger partial charge in [0, 0.05) is 31.2 Å². The first-order valence-electron chi connectivity index (χ1n) is 7.60. The number of carbonyl (C=O) groups is 1. The first kappa shape index (κ1) is 13.6. The Morgan fingerprint density at radius 3 is 2.80 bits per heavy atom. The van der Waals surface area contributed by atoms with Gasteiger partial charge in [0.05, 0.1) is 0 Å². The van der Waals surface area contributed by atoms with Gasteiger partial charge in [0.15, 0.2) is 0 Å². The molecule has 0 aromatic heterocycles. The number of benzene rings is 1. The molecule has 0 saturated carbocycles. The van der Waals surface area contributed by atoms with Crippen molar-refractivity contribution in [3.05, 3.63) is 35.4 Å². The molecule has 1 atom stereocenters. The largest absolute Gasteiger partial charge is 0.337 e. The molecule has 1 amide bonds. The van der Waals surface area contributed by atoms with Crippen molar-refractivity contribution in [1.29, 1.82) is 0 Å². The standard InChI is InChI=1S/C16H23N3O/c17-11-13-4-3-5-14(10-13)16(20)19-9-6-15(12-19)18-7-1-2-8-18/h3-5,10,15H,1-2,6-9,11-12,17H2. The van der Waals surface area contributed by atoms with Crippen LogP contribution in [0.15, 0.2) is 24.3 Å². The van der Waals surface area contributed by atoms with Crippen LogP contribution in [0.1, 0.15) is 35.2 Å². The normalized spacial score (nSPS) is 23.4. The highest BCUT2D eigenvalue weighted by atomic mass is 16.2. The summed E-state index contributed by atoms with van der Waals surface area (Å²) in [5.74, 6) is 0.155. The lowest BCUT2D eigenvalue weighted by Crippen LogP contribution is -2.37. The highest BCUT2D eigenvalue weighted by molar-refractivity contribution is 5.94.